The summed E-state index contributed by atoms with van der Waals surface area (Å²) in [6, 6.07) is 1.91. The van der Waals surface area contributed by atoms with Gasteiger partial charge < -0.3 is 0 Å². The largest absolute Gasteiger partial charge is 0.416 e. The van der Waals surface area contributed by atoms with E-state index in [1.54, 1.807) is 0 Å². The number of rotatable bonds is 0. The fourth-order valence-electron chi connectivity index (χ4n) is 0.625. The van der Waals surface area contributed by atoms with Crippen LogP contribution in [0.25, 0.3) is 0 Å². The van der Waals surface area contributed by atoms with Gasteiger partial charge in [-0.15, -0.1) is 0 Å². The van der Waals surface area contributed by atoms with E-state index in [1.165, 1.54) is 0 Å². The summed E-state index contributed by atoms with van der Waals surface area (Å²) in [6.45, 7) is 0. The van der Waals surface area contributed by atoms with E-state index >= 15 is 0 Å². The maximum atomic E-state index is 11.9. The Balaban J connectivity index is 3.06. The minimum absolute atomic E-state index is 0.292. The molecule has 1 aromatic rings. The highest BCUT2D eigenvalue weighted by molar-refractivity contribution is 7.26. The molecule has 0 aromatic carbocycles. The first-order chi connectivity index (χ1) is 5.00. The maximum absolute atomic E-state index is 11.9. The summed E-state index contributed by atoms with van der Waals surface area (Å²) in [5.41, 5.74) is -0.377. The predicted octanol–water partition coefficient (Wildman–Crippen LogP) is 1.60. The number of nitrogens with zero attached hydrogens (tertiary/aromatic N) is 1. The number of pyridine rings is 1. The first kappa shape index (κ1) is 8.47. The lowest BCUT2D eigenvalue weighted by molar-refractivity contribution is -0.137. The molecule has 1 aromatic heterocycles. The molecule has 0 bridgehead atoms. The number of hydrogen-bond donors (Lipinski definition) is 0. The lowest BCUT2D eigenvalue weighted by atomic mass is 10.3. The highest BCUT2D eigenvalue weighted by atomic mass is 31.0. The van der Waals surface area contributed by atoms with E-state index in [1.807, 2.05) is 0 Å². The van der Waals surface area contributed by atoms with Gasteiger partial charge in [0.1, 0.15) is 0 Å². The quantitative estimate of drug-likeness (QED) is 0.551. The Bertz CT molecular complexity index is 258. The molecule has 1 heterocycles. The molecule has 0 aliphatic carbocycles. The summed E-state index contributed by atoms with van der Waals surface area (Å²) in [7, 11) is 2.11. The Morgan fingerprint density at radius 2 is 2.00 bits per heavy atom. The van der Waals surface area contributed by atoms with E-state index in [0.717, 1.165) is 18.3 Å². The van der Waals surface area contributed by atoms with Crippen molar-refractivity contribution in [2.24, 2.45) is 0 Å². The van der Waals surface area contributed by atoms with Gasteiger partial charge >= 0.3 is 6.18 Å². The molecule has 1 rings (SSSR count). The average Bonchev–Trinajstić information content (AvgIpc) is 1.86. The highest BCUT2D eigenvalue weighted by Gasteiger charge is 2.30. The molecule has 0 N–H and O–H groups in total. The summed E-state index contributed by atoms with van der Waals surface area (Å²) < 4.78 is 35.8. The summed E-state index contributed by atoms with van der Waals surface area (Å²) >= 11 is 0. The van der Waals surface area contributed by atoms with E-state index in [4.69, 9.17) is 0 Å². The first-order valence-corrected chi connectivity index (χ1v) is 3.36. The zero-order chi connectivity index (χ0) is 8.48. The fourth-order valence-corrected chi connectivity index (χ4v) is 0.890. The molecule has 5 heteroatoms. The zero-order valence-electron chi connectivity index (χ0n) is 5.39. The van der Waals surface area contributed by atoms with E-state index in [9.17, 15) is 13.2 Å². The topological polar surface area (TPSA) is 12.9 Å². The molecule has 0 saturated carbocycles. The summed E-state index contributed by atoms with van der Waals surface area (Å²) in [5.74, 6) is 0. The van der Waals surface area contributed by atoms with Crippen LogP contribution in [0.15, 0.2) is 18.3 Å². The van der Waals surface area contributed by atoms with Crippen LogP contribution in [0.1, 0.15) is 5.56 Å². The SMILES string of the molecule is FC(F)(F)c1ccnc(P)c1. The second-order valence-corrected chi connectivity index (χ2v) is 2.56. The van der Waals surface area contributed by atoms with Crippen LogP contribution in [0, 0.1) is 0 Å². The molecule has 1 unspecified atom stereocenters. The second-order valence-electron chi connectivity index (χ2n) is 1.97. The normalized spacial score (nSPS) is 11.6. The lowest BCUT2D eigenvalue weighted by Crippen LogP contribution is -2.09. The van der Waals surface area contributed by atoms with Crippen LogP contribution in [0.4, 0.5) is 13.2 Å². The summed E-state index contributed by atoms with van der Waals surface area (Å²) in [6.07, 6.45) is -3.14. The van der Waals surface area contributed by atoms with Crippen molar-refractivity contribution in [3.8, 4) is 0 Å². The van der Waals surface area contributed by atoms with Crippen LogP contribution in [0.3, 0.4) is 0 Å². The predicted molar refractivity (Wildman–Crippen MR) is 38.6 cm³/mol. The minimum Gasteiger partial charge on any atom is -0.257 e. The summed E-state index contributed by atoms with van der Waals surface area (Å²) in [5, 5.41) is 0. The Labute approximate surface area is 63.8 Å². The molecule has 0 fully saturated rings. The Morgan fingerprint density at radius 1 is 1.36 bits per heavy atom. The zero-order valence-corrected chi connectivity index (χ0v) is 6.55. The van der Waals surface area contributed by atoms with Crippen molar-refractivity contribution in [2.75, 3.05) is 0 Å². The molecule has 1 nitrogen and oxygen atoms in total. The number of hydrogen-bond acceptors (Lipinski definition) is 1. The van der Waals surface area contributed by atoms with Crippen molar-refractivity contribution in [1.29, 1.82) is 0 Å². The van der Waals surface area contributed by atoms with Crippen LogP contribution < -0.4 is 5.44 Å². The highest BCUT2D eigenvalue weighted by Crippen LogP contribution is 2.27. The van der Waals surface area contributed by atoms with Gasteiger partial charge in [-0.25, -0.2) is 0 Å². The lowest BCUT2D eigenvalue weighted by Gasteiger charge is -2.05. The van der Waals surface area contributed by atoms with Crippen molar-refractivity contribution >= 4 is 14.7 Å². The molecule has 0 saturated heterocycles. The Hall–Kier alpha value is -0.630. The van der Waals surface area contributed by atoms with Gasteiger partial charge in [0.15, 0.2) is 0 Å². The van der Waals surface area contributed by atoms with Gasteiger partial charge in [-0.1, -0.05) is 9.24 Å². The van der Waals surface area contributed by atoms with Crippen LogP contribution in [-0.2, 0) is 6.18 Å². The molecule has 0 aliphatic heterocycles. The van der Waals surface area contributed by atoms with E-state index < -0.39 is 11.7 Å². The third-order valence-electron chi connectivity index (χ3n) is 1.11. The van der Waals surface area contributed by atoms with E-state index in [2.05, 4.69) is 14.2 Å². The van der Waals surface area contributed by atoms with E-state index in [-0.39, 0.29) is 0 Å². The molecule has 0 amide bonds. The van der Waals surface area contributed by atoms with Crippen molar-refractivity contribution in [1.82, 2.24) is 4.98 Å². The van der Waals surface area contributed by atoms with Crippen LogP contribution in [0.2, 0.25) is 0 Å². The maximum Gasteiger partial charge on any atom is 0.416 e. The second kappa shape index (κ2) is 2.78. The van der Waals surface area contributed by atoms with Crippen LogP contribution in [-0.4, -0.2) is 4.98 Å². The van der Waals surface area contributed by atoms with Gasteiger partial charge in [0.05, 0.1) is 11.0 Å². The van der Waals surface area contributed by atoms with Gasteiger partial charge in [0.2, 0.25) is 0 Å². The monoisotopic (exact) mass is 179 g/mol. The summed E-state index contributed by atoms with van der Waals surface area (Å²) in [4.78, 5) is 3.62. The standard InChI is InChI=1S/C6H5F3NP/c7-6(8,9)4-1-2-10-5(11)3-4/h1-3H,11H2. The molecule has 0 spiro atoms. The third kappa shape index (κ3) is 2.15. The molecule has 1 atom stereocenters. The first-order valence-electron chi connectivity index (χ1n) is 2.79. The average molecular weight is 179 g/mol. The molecule has 11 heavy (non-hydrogen) atoms. The van der Waals surface area contributed by atoms with Crippen LogP contribution >= 0.6 is 9.24 Å². The van der Waals surface area contributed by atoms with Gasteiger partial charge in [-0.2, -0.15) is 13.2 Å². The fraction of sp³-hybridized carbons (Fsp3) is 0.167. The Kier molecular flexibility index (Phi) is 2.14. The smallest absolute Gasteiger partial charge is 0.257 e. The van der Waals surface area contributed by atoms with Gasteiger partial charge in [0.25, 0.3) is 0 Å². The van der Waals surface area contributed by atoms with Crippen molar-refractivity contribution in [3.05, 3.63) is 23.9 Å². The van der Waals surface area contributed by atoms with E-state index in [0.29, 0.717) is 5.44 Å². The number of alkyl halides is 3. The van der Waals surface area contributed by atoms with Crippen molar-refractivity contribution in [3.63, 3.8) is 0 Å². The van der Waals surface area contributed by atoms with Crippen LogP contribution in [0.5, 0.6) is 0 Å². The molecule has 0 radical (unpaired) electrons. The molecular weight excluding hydrogens is 174 g/mol. The van der Waals surface area contributed by atoms with Gasteiger partial charge in [-0.3, -0.25) is 4.98 Å². The number of halogens is 3. The van der Waals surface area contributed by atoms with Gasteiger partial charge in [-0.05, 0) is 12.1 Å². The van der Waals surface area contributed by atoms with Gasteiger partial charge in [0, 0.05) is 6.20 Å². The number of aromatic nitrogens is 1. The van der Waals surface area contributed by atoms with Crippen molar-refractivity contribution < 1.29 is 13.2 Å². The third-order valence-corrected chi connectivity index (χ3v) is 1.42. The Morgan fingerprint density at radius 3 is 2.36 bits per heavy atom. The molecule has 60 valence electrons. The molecule has 0 aliphatic rings. The molecular formula is C6H5F3NP. The van der Waals surface area contributed by atoms with Crippen molar-refractivity contribution in [2.45, 2.75) is 6.18 Å². The minimum atomic E-state index is -4.27.